The number of halogens is 1. The molecule has 0 aliphatic carbocycles. The zero-order chi connectivity index (χ0) is 16.8. The van der Waals surface area contributed by atoms with Crippen LogP contribution in [0.5, 0.6) is 0 Å². The van der Waals surface area contributed by atoms with Gasteiger partial charge in [-0.25, -0.2) is 4.79 Å². The van der Waals surface area contributed by atoms with Gasteiger partial charge in [-0.1, -0.05) is 11.6 Å². The van der Waals surface area contributed by atoms with Gasteiger partial charge in [0, 0.05) is 17.2 Å². The summed E-state index contributed by atoms with van der Waals surface area (Å²) in [6.07, 6.45) is 0.377. The van der Waals surface area contributed by atoms with Gasteiger partial charge in [0.25, 0.3) is 0 Å². The standard InChI is InChI=1S/C17H21ClO5/c1-11(16(19)13-5-7-14(18)8-6-13)23-17(20)12(2)22-10-15-4-3-9-21-15/h5-8,11-12,15H,3-4,9-10H2,1-2H3. The first kappa shape index (κ1) is 17.9. The van der Waals surface area contributed by atoms with Crippen molar-refractivity contribution in [1.82, 2.24) is 0 Å². The number of carbonyl (C=O) groups excluding carboxylic acids is 2. The van der Waals surface area contributed by atoms with Crippen LogP contribution in [0, 0.1) is 0 Å². The quantitative estimate of drug-likeness (QED) is 0.564. The monoisotopic (exact) mass is 340 g/mol. The Kier molecular flexibility index (Phi) is 6.57. The summed E-state index contributed by atoms with van der Waals surface area (Å²) < 4.78 is 16.1. The second-order valence-electron chi connectivity index (χ2n) is 5.56. The molecule has 1 saturated heterocycles. The Morgan fingerprint density at radius 2 is 1.96 bits per heavy atom. The molecule has 0 aromatic heterocycles. The molecular formula is C17H21ClO5. The lowest BCUT2D eigenvalue weighted by Gasteiger charge is -2.18. The average molecular weight is 341 g/mol. The summed E-state index contributed by atoms with van der Waals surface area (Å²) in [4.78, 5) is 24.2. The Labute approximate surface area is 140 Å². The molecule has 0 bridgehead atoms. The summed E-state index contributed by atoms with van der Waals surface area (Å²) in [5.74, 6) is -0.834. The molecule has 6 heteroatoms. The minimum Gasteiger partial charge on any atom is -0.452 e. The van der Waals surface area contributed by atoms with E-state index in [0.717, 1.165) is 19.4 Å². The highest BCUT2D eigenvalue weighted by Gasteiger charge is 2.25. The summed E-state index contributed by atoms with van der Waals surface area (Å²) in [7, 11) is 0. The third kappa shape index (κ3) is 5.30. The van der Waals surface area contributed by atoms with Crippen LogP contribution >= 0.6 is 11.6 Å². The molecule has 1 aromatic rings. The first-order valence-corrected chi connectivity index (χ1v) is 8.08. The first-order valence-electron chi connectivity index (χ1n) is 7.71. The van der Waals surface area contributed by atoms with Crippen molar-refractivity contribution >= 4 is 23.4 Å². The number of rotatable bonds is 7. The largest absolute Gasteiger partial charge is 0.452 e. The molecule has 0 N–H and O–H groups in total. The predicted molar refractivity (Wildman–Crippen MR) is 85.7 cm³/mol. The molecular weight excluding hydrogens is 320 g/mol. The molecule has 0 radical (unpaired) electrons. The van der Waals surface area contributed by atoms with Gasteiger partial charge in [-0.2, -0.15) is 0 Å². The molecule has 0 amide bonds. The van der Waals surface area contributed by atoms with Crippen molar-refractivity contribution in [3.8, 4) is 0 Å². The Bertz CT molecular complexity index is 536. The Balaban J connectivity index is 1.80. The van der Waals surface area contributed by atoms with Gasteiger partial charge in [0.15, 0.2) is 12.2 Å². The predicted octanol–water partition coefficient (Wildman–Crippen LogP) is 3.04. The summed E-state index contributed by atoms with van der Waals surface area (Å²) in [5.41, 5.74) is 0.447. The van der Waals surface area contributed by atoms with Crippen molar-refractivity contribution in [2.24, 2.45) is 0 Å². The van der Waals surface area contributed by atoms with Gasteiger partial charge >= 0.3 is 5.97 Å². The molecule has 3 unspecified atom stereocenters. The fourth-order valence-electron chi connectivity index (χ4n) is 2.27. The van der Waals surface area contributed by atoms with Gasteiger partial charge in [0.2, 0.25) is 5.78 Å². The maximum atomic E-state index is 12.2. The van der Waals surface area contributed by atoms with Crippen LogP contribution in [0.3, 0.4) is 0 Å². The second-order valence-corrected chi connectivity index (χ2v) is 6.00. The van der Waals surface area contributed by atoms with Crippen LogP contribution < -0.4 is 0 Å². The lowest BCUT2D eigenvalue weighted by molar-refractivity contribution is -0.160. The number of ether oxygens (including phenoxy) is 3. The number of carbonyl (C=O) groups is 2. The highest BCUT2D eigenvalue weighted by molar-refractivity contribution is 6.30. The van der Waals surface area contributed by atoms with E-state index in [9.17, 15) is 9.59 Å². The van der Waals surface area contributed by atoms with Crippen molar-refractivity contribution in [3.05, 3.63) is 34.9 Å². The maximum absolute atomic E-state index is 12.2. The Morgan fingerprint density at radius 1 is 1.26 bits per heavy atom. The number of ketones is 1. The average Bonchev–Trinajstić information content (AvgIpc) is 3.05. The normalized spacial score (nSPS) is 20.0. The van der Waals surface area contributed by atoms with Gasteiger partial charge in [0.05, 0.1) is 12.7 Å². The molecule has 1 aromatic carbocycles. The van der Waals surface area contributed by atoms with Crippen molar-refractivity contribution in [2.75, 3.05) is 13.2 Å². The second kappa shape index (κ2) is 8.43. The molecule has 3 atom stereocenters. The van der Waals surface area contributed by atoms with Crippen molar-refractivity contribution in [1.29, 1.82) is 0 Å². The van der Waals surface area contributed by atoms with E-state index in [1.807, 2.05) is 0 Å². The van der Waals surface area contributed by atoms with Crippen molar-refractivity contribution in [3.63, 3.8) is 0 Å². The molecule has 1 aliphatic rings. The van der Waals surface area contributed by atoms with E-state index in [1.54, 1.807) is 38.1 Å². The fraction of sp³-hybridized carbons (Fsp3) is 0.529. The number of benzene rings is 1. The van der Waals surface area contributed by atoms with Crippen molar-refractivity contribution < 1.29 is 23.8 Å². The van der Waals surface area contributed by atoms with E-state index in [-0.39, 0.29) is 11.9 Å². The van der Waals surface area contributed by atoms with Gasteiger partial charge in [-0.05, 0) is 51.0 Å². The van der Waals surface area contributed by atoms with Crippen LogP contribution in [-0.4, -0.2) is 43.3 Å². The minimum absolute atomic E-state index is 0.0402. The Hall–Kier alpha value is -1.43. The molecule has 2 rings (SSSR count). The highest BCUT2D eigenvalue weighted by Crippen LogP contribution is 2.15. The van der Waals surface area contributed by atoms with Gasteiger partial charge in [-0.3, -0.25) is 4.79 Å². The zero-order valence-corrected chi connectivity index (χ0v) is 14.0. The van der Waals surface area contributed by atoms with Crippen LogP contribution in [0.2, 0.25) is 5.02 Å². The summed E-state index contributed by atoms with van der Waals surface area (Å²) >= 11 is 5.79. The van der Waals surface area contributed by atoms with E-state index in [1.165, 1.54) is 0 Å². The molecule has 5 nitrogen and oxygen atoms in total. The van der Waals surface area contributed by atoms with Crippen molar-refractivity contribution in [2.45, 2.75) is 45.0 Å². The van der Waals surface area contributed by atoms with E-state index in [4.69, 9.17) is 25.8 Å². The highest BCUT2D eigenvalue weighted by atomic mass is 35.5. The lowest BCUT2D eigenvalue weighted by atomic mass is 10.1. The van der Waals surface area contributed by atoms with Crippen LogP contribution in [-0.2, 0) is 19.0 Å². The smallest absolute Gasteiger partial charge is 0.335 e. The topological polar surface area (TPSA) is 61.8 Å². The van der Waals surface area contributed by atoms with E-state index in [2.05, 4.69) is 0 Å². The lowest BCUT2D eigenvalue weighted by Crippen LogP contribution is -2.32. The third-order valence-corrected chi connectivity index (χ3v) is 3.93. The third-order valence-electron chi connectivity index (χ3n) is 3.68. The molecule has 0 spiro atoms. The molecule has 1 heterocycles. The van der Waals surface area contributed by atoms with E-state index in [0.29, 0.717) is 17.2 Å². The number of esters is 1. The molecule has 1 fully saturated rings. The molecule has 0 saturated carbocycles. The van der Waals surface area contributed by atoms with Crippen LogP contribution in [0.1, 0.15) is 37.0 Å². The van der Waals surface area contributed by atoms with Gasteiger partial charge in [-0.15, -0.1) is 0 Å². The SMILES string of the molecule is CC(OCC1CCCO1)C(=O)OC(C)C(=O)c1ccc(Cl)cc1. The van der Waals surface area contributed by atoms with E-state index < -0.39 is 18.2 Å². The molecule has 1 aliphatic heterocycles. The van der Waals surface area contributed by atoms with Crippen LogP contribution in [0.15, 0.2) is 24.3 Å². The number of Topliss-reactive ketones (excluding diaryl/α,β-unsaturated/α-hetero) is 1. The van der Waals surface area contributed by atoms with Crippen LogP contribution in [0.4, 0.5) is 0 Å². The minimum atomic E-state index is -0.877. The zero-order valence-electron chi connectivity index (χ0n) is 13.3. The number of hydrogen-bond acceptors (Lipinski definition) is 5. The van der Waals surface area contributed by atoms with Gasteiger partial charge in [0.1, 0.15) is 0 Å². The summed E-state index contributed by atoms with van der Waals surface area (Å²) in [6.45, 7) is 4.24. The summed E-state index contributed by atoms with van der Waals surface area (Å²) in [6, 6.07) is 6.45. The molecule has 126 valence electrons. The summed E-state index contributed by atoms with van der Waals surface area (Å²) in [5, 5.41) is 0.544. The fourth-order valence-corrected chi connectivity index (χ4v) is 2.39. The maximum Gasteiger partial charge on any atom is 0.335 e. The number of hydrogen-bond donors (Lipinski definition) is 0. The van der Waals surface area contributed by atoms with Crippen LogP contribution in [0.25, 0.3) is 0 Å². The first-order chi connectivity index (χ1) is 11.0. The van der Waals surface area contributed by atoms with Gasteiger partial charge < -0.3 is 14.2 Å². The van der Waals surface area contributed by atoms with E-state index >= 15 is 0 Å². The Morgan fingerprint density at radius 3 is 2.57 bits per heavy atom. The molecule has 23 heavy (non-hydrogen) atoms.